The molecule has 1 fully saturated rings. The molecule has 1 saturated heterocycles. The fourth-order valence-electron chi connectivity index (χ4n) is 3.66. The van der Waals surface area contributed by atoms with Gasteiger partial charge in [0.1, 0.15) is 0 Å². The Morgan fingerprint density at radius 3 is 1.79 bits per heavy atom. The summed E-state index contributed by atoms with van der Waals surface area (Å²) in [4.78, 5) is 13.6. The Labute approximate surface area is 163 Å². The predicted molar refractivity (Wildman–Crippen MR) is 111 cm³/mol. The molecule has 0 unspecified atom stereocenters. The maximum atomic E-state index is 13.6. The molecule has 0 N–H and O–H groups in total. The zero-order chi connectivity index (χ0) is 18.9. The van der Waals surface area contributed by atoms with Crippen LogP contribution in [0.2, 0.25) is 0 Å². The third-order valence-corrected chi connectivity index (χ3v) is 5.04. The van der Waals surface area contributed by atoms with E-state index in [0.717, 1.165) is 28.2 Å². The second-order valence-corrected chi connectivity index (χ2v) is 6.95. The van der Waals surface area contributed by atoms with Crippen LogP contribution >= 0.6 is 0 Å². The summed E-state index contributed by atoms with van der Waals surface area (Å²) in [7, 11) is 0. The van der Waals surface area contributed by atoms with E-state index < -0.39 is 0 Å². The molecule has 5 rings (SSSR count). The van der Waals surface area contributed by atoms with Crippen LogP contribution in [0.5, 0.6) is 0 Å². The van der Waals surface area contributed by atoms with Gasteiger partial charge in [-0.2, -0.15) is 0 Å². The van der Waals surface area contributed by atoms with Crippen molar-refractivity contribution >= 4 is 0 Å². The molecule has 0 saturated carbocycles. The molecule has 4 nitrogen and oxygen atoms in total. The molecule has 2 heterocycles. The van der Waals surface area contributed by atoms with Crippen LogP contribution < -0.4 is 5.69 Å². The van der Waals surface area contributed by atoms with Crippen molar-refractivity contribution in [2.75, 3.05) is 6.61 Å². The first-order valence-corrected chi connectivity index (χ1v) is 9.46. The highest BCUT2D eigenvalue weighted by atomic mass is 16.6. The molecule has 4 aromatic rings. The van der Waals surface area contributed by atoms with Crippen LogP contribution in [0, 0.1) is 0 Å². The lowest BCUT2D eigenvalue weighted by Gasteiger charge is -2.11. The molecule has 0 aliphatic carbocycles. The highest BCUT2D eigenvalue weighted by molar-refractivity contribution is 5.80. The van der Waals surface area contributed by atoms with E-state index >= 15 is 0 Å². The van der Waals surface area contributed by atoms with Gasteiger partial charge in [0.05, 0.1) is 36.3 Å². The number of para-hydroxylation sites is 1. The molecular weight excluding hydrogens is 348 g/mol. The smallest absolute Gasteiger partial charge is 0.333 e. The molecule has 3 aromatic carbocycles. The zero-order valence-corrected chi connectivity index (χ0v) is 15.4. The van der Waals surface area contributed by atoms with Crippen molar-refractivity contribution in [2.24, 2.45) is 0 Å². The minimum absolute atomic E-state index is 0.0422. The average molecular weight is 368 g/mol. The van der Waals surface area contributed by atoms with Gasteiger partial charge >= 0.3 is 5.69 Å². The van der Waals surface area contributed by atoms with Crippen LogP contribution in [0.15, 0.2) is 95.8 Å². The SMILES string of the molecule is O=c1n(C[C@H]2CO2)c(-c2ccccc2)c(-c2ccccc2)n1-c1ccccc1. The molecule has 138 valence electrons. The lowest BCUT2D eigenvalue weighted by atomic mass is 10.0. The van der Waals surface area contributed by atoms with Gasteiger partial charge in [-0.1, -0.05) is 78.9 Å². The summed E-state index contributed by atoms with van der Waals surface area (Å²) in [6, 6.07) is 30.1. The maximum Gasteiger partial charge on any atom is 0.333 e. The highest BCUT2D eigenvalue weighted by Gasteiger charge is 2.29. The average Bonchev–Trinajstić information content (AvgIpc) is 3.53. The molecule has 0 bridgehead atoms. The number of rotatable bonds is 5. The Hall–Kier alpha value is -3.37. The fraction of sp³-hybridized carbons (Fsp3) is 0.125. The van der Waals surface area contributed by atoms with E-state index in [4.69, 9.17) is 4.74 Å². The number of aromatic nitrogens is 2. The number of epoxide rings is 1. The van der Waals surface area contributed by atoms with Gasteiger partial charge in [0.2, 0.25) is 0 Å². The zero-order valence-electron chi connectivity index (χ0n) is 15.4. The minimum atomic E-state index is -0.0422. The van der Waals surface area contributed by atoms with E-state index in [1.807, 2.05) is 75.9 Å². The van der Waals surface area contributed by atoms with Crippen molar-refractivity contribution in [3.63, 3.8) is 0 Å². The van der Waals surface area contributed by atoms with E-state index in [-0.39, 0.29) is 11.8 Å². The van der Waals surface area contributed by atoms with Gasteiger partial charge in [-0.15, -0.1) is 0 Å². The standard InChI is InChI=1S/C24H20N2O2/c27-24-25(16-21-17-28-21)22(18-10-4-1-5-11-18)23(19-12-6-2-7-13-19)26(24)20-14-8-3-9-15-20/h1-15,21H,16-17H2/t21-/m0/s1. The second-order valence-electron chi connectivity index (χ2n) is 6.95. The summed E-state index contributed by atoms with van der Waals surface area (Å²) in [6.45, 7) is 1.26. The third kappa shape index (κ3) is 2.98. The van der Waals surface area contributed by atoms with E-state index in [9.17, 15) is 4.79 Å². The van der Waals surface area contributed by atoms with E-state index in [1.54, 1.807) is 0 Å². The number of ether oxygens (including phenoxy) is 1. The topological polar surface area (TPSA) is 39.5 Å². The van der Waals surface area contributed by atoms with E-state index in [0.29, 0.717) is 13.2 Å². The van der Waals surface area contributed by atoms with Gasteiger partial charge in [-0.25, -0.2) is 4.79 Å². The minimum Gasteiger partial charge on any atom is -0.371 e. The molecule has 1 aromatic heterocycles. The predicted octanol–water partition coefficient (Wildman–Crippen LogP) is 4.37. The van der Waals surface area contributed by atoms with Gasteiger partial charge in [0, 0.05) is 11.1 Å². The Bertz CT molecular complexity index is 1140. The molecule has 0 spiro atoms. The van der Waals surface area contributed by atoms with Gasteiger partial charge in [0.15, 0.2) is 0 Å². The summed E-state index contributed by atoms with van der Waals surface area (Å²) >= 11 is 0. The van der Waals surface area contributed by atoms with Crippen molar-refractivity contribution < 1.29 is 4.74 Å². The normalized spacial score (nSPS) is 15.5. The second kappa shape index (κ2) is 6.98. The quantitative estimate of drug-likeness (QED) is 0.491. The van der Waals surface area contributed by atoms with Gasteiger partial charge in [0.25, 0.3) is 0 Å². The van der Waals surface area contributed by atoms with Crippen molar-refractivity contribution in [1.29, 1.82) is 0 Å². The summed E-state index contributed by atoms with van der Waals surface area (Å²) in [5.41, 5.74) is 4.68. The van der Waals surface area contributed by atoms with Gasteiger partial charge in [-0.05, 0) is 12.1 Å². The van der Waals surface area contributed by atoms with Crippen molar-refractivity contribution in [3.8, 4) is 28.2 Å². The number of imidazole rings is 1. The van der Waals surface area contributed by atoms with Crippen LogP contribution in [-0.2, 0) is 11.3 Å². The van der Waals surface area contributed by atoms with Crippen LogP contribution in [0.25, 0.3) is 28.2 Å². The Kier molecular flexibility index (Phi) is 4.18. The largest absolute Gasteiger partial charge is 0.371 e. The Balaban J connectivity index is 1.87. The van der Waals surface area contributed by atoms with E-state index in [2.05, 4.69) is 24.3 Å². The van der Waals surface area contributed by atoms with Crippen LogP contribution in [0.1, 0.15) is 0 Å². The molecule has 1 atom stereocenters. The molecular formula is C24H20N2O2. The monoisotopic (exact) mass is 368 g/mol. The van der Waals surface area contributed by atoms with Gasteiger partial charge < -0.3 is 4.74 Å². The summed E-state index contributed by atoms with van der Waals surface area (Å²) < 4.78 is 9.13. The number of nitrogens with zero attached hydrogens (tertiary/aromatic N) is 2. The van der Waals surface area contributed by atoms with Crippen molar-refractivity contribution in [2.45, 2.75) is 12.6 Å². The number of hydrogen-bond donors (Lipinski definition) is 0. The Morgan fingerprint density at radius 2 is 1.25 bits per heavy atom. The van der Waals surface area contributed by atoms with Gasteiger partial charge in [-0.3, -0.25) is 9.13 Å². The lowest BCUT2D eigenvalue weighted by molar-refractivity contribution is 0.381. The third-order valence-electron chi connectivity index (χ3n) is 5.04. The maximum absolute atomic E-state index is 13.6. The molecule has 1 aliphatic rings. The fourth-order valence-corrected chi connectivity index (χ4v) is 3.66. The number of benzene rings is 3. The molecule has 0 amide bonds. The van der Waals surface area contributed by atoms with Crippen LogP contribution in [0.4, 0.5) is 0 Å². The summed E-state index contributed by atoms with van der Waals surface area (Å²) in [5.74, 6) is 0. The Morgan fingerprint density at radius 1 is 0.750 bits per heavy atom. The first kappa shape index (κ1) is 16.8. The number of hydrogen-bond acceptors (Lipinski definition) is 2. The van der Waals surface area contributed by atoms with Crippen LogP contribution in [-0.4, -0.2) is 21.8 Å². The summed E-state index contributed by atoms with van der Waals surface area (Å²) in [5, 5.41) is 0. The highest BCUT2D eigenvalue weighted by Crippen LogP contribution is 2.34. The van der Waals surface area contributed by atoms with Crippen molar-refractivity contribution in [1.82, 2.24) is 9.13 Å². The first-order chi connectivity index (χ1) is 13.8. The van der Waals surface area contributed by atoms with Crippen LogP contribution in [0.3, 0.4) is 0 Å². The first-order valence-electron chi connectivity index (χ1n) is 9.46. The van der Waals surface area contributed by atoms with E-state index in [1.165, 1.54) is 0 Å². The lowest BCUT2D eigenvalue weighted by Crippen LogP contribution is -2.25. The molecule has 28 heavy (non-hydrogen) atoms. The molecule has 1 aliphatic heterocycles. The molecule has 4 heteroatoms. The summed E-state index contributed by atoms with van der Waals surface area (Å²) in [6.07, 6.45) is 0.107. The molecule has 0 radical (unpaired) electrons. The van der Waals surface area contributed by atoms with Crippen molar-refractivity contribution in [3.05, 3.63) is 101 Å².